The van der Waals surface area contributed by atoms with Gasteiger partial charge in [0.15, 0.2) is 17.5 Å². The number of nitriles is 1. The molecular formula is C28H18ClF2N9O2. The fraction of sp³-hybridized carbons (Fsp3) is 0.0714. The quantitative estimate of drug-likeness (QED) is 0.287. The molecular weight excluding hydrogens is 568 g/mol. The number of hydrogen-bond acceptors (Lipinski definition) is 8. The van der Waals surface area contributed by atoms with Gasteiger partial charge in [0.05, 0.1) is 52.1 Å². The highest BCUT2D eigenvalue weighted by atomic mass is 35.5. The van der Waals surface area contributed by atoms with Crippen LogP contribution in [0.2, 0.25) is 5.02 Å². The van der Waals surface area contributed by atoms with E-state index in [1.54, 1.807) is 25.2 Å². The van der Waals surface area contributed by atoms with Gasteiger partial charge in [-0.2, -0.15) is 20.6 Å². The number of pyridine rings is 1. The second-order valence-electron chi connectivity index (χ2n) is 9.08. The third kappa shape index (κ3) is 4.54. The minimum atomic E-state index is -0.846. The number of H-pyrrole nitrogens is 1. The molecule has 3 N–H and O–H groups in total. The van der Waals surface area contributed by atoms with Crippen LogP contribution < -0.4 is 16.0 Å². The number of rotatable bonds is 6. The SMILES string of the molecule is Cn1ncc(-c2ccc3c(=O)[nH]nc(CN)c3c2)c1-c1c(F)c(Cl)cc(Oc2ccc(-n3cc(F)cn3)nc2)c1C#N. The Hall–Kier alpha value is -5.45. The number of nitrogens with two attached hydrogens (primary N) is 1. The summed E-state index contributed by atoms with van der Waals surface area (Å²) >= 11 is 6.31. The van der Waals surface area contributed by atoms with Crippen molar-refractivity contribution in [1.82, 2.24) is 34.7 Å². The van der Waals surface area contributed by atoms with Crippen LogP contribution in [-0.4, -0.2) is 34.7 Å². The first kappa shape index (κ1) is 26.8. The lowest BCUT2D eigenvalue weighted by molar-refractivity contribution is 0.476. The molecule has 42 heavy (non-hydrogen) atoms. The first-order valence-corrected chi connectivity index (χ1v) is 12.7. The molecule has 11 nitrogen and oxygen atoms in total. The van der Waals surface area contributed by atoms with Gasteiger partial charge in [0.25, 0.3) is 5.56 Å². The summed E-state index contributed by atoms with van der Waals surface area (Å²) in [5, 5.41) is 25.4. The smallest absolute Gasteiger partial charge is 0.272 e. The van der Waals surface area contributed by atoms with Crippen molar-refractivity contribution < 1.29 is 13.5 Å². The number of nitrogens with one attached hydrogen (secondary N) is 1. The van der Waals surface area contributed by atoms with E-state index in [2.05, 4.69) is 25.4 Å². The van der Waals surface area contributed by atoms with E-state index in [1.807, 2.05) is 6.07 Å². The maximum absolute atomic E-state index is 15.8. The fourth-order valence-electron chi connectivity index (χ4n) is 4.63. The van der Waals surface area contributed by atoms with Crippen molar-refractivity contribution >= 4 is 22.4 Å². The average Bonchev–Trinajstić information content (AvgIpc) is 3.60. The molecule has 6 rings (SSSR count). The Balaban J connectivity index is 1.47. The summed E-state index contributed by atoms with van der Waals surface area (Å²) in [6.07, 6.45) is 5.07. The molecule has 4 heterocycles. The highest BCUT2D eigenvalue weighted by Gasteiger charge is 2.26. The van der Waals surface area contributed by atoms with Crippen LogP contribution in [0.25, 0.3) is 39.0 Å². The molecule has 2 aromatic carbocycles. The standard InChI is InChI=1S/C28H18ClF2N9O2/c1-39-27(20(12-35-39)14-2-4-17-18(6-14)22(9-33)37-38-28(17)41)25-19(8-32)23(7-21(29)26(25)31)42-16-3-5-24(34-11-16)40-13-15(30)10-36-40/h2-7,10-13H,9,33H2,1H3,(H,38,41). The normalized spacial score (nSPS) is 11.1. The molecule has 0 unspecified atom stereocenters. The molecule has 0 aliphatic rings. The number of hydrogen-bond donors (Lipinski definition) is 2. The number of halogens is 3. The number of fused-ring (bicyclic) bond motifs is 1. The lowest BCUT2D eigenvalue weighted by Gasteiger charge is -2.15. The van der Waals surface area contributed by atoms with E-state index >= 15 is 4.39 Å². The molecule has 0 saturated carbocycles. The summed E-state index contributed by atoms with van der Waals surface area (Å²) in [4.78, 5) is 16.5. The van der Waals surface area contributed by atoms with E-state index in [9.17, 15) is 14.4 Å². The summed E-state index contributed by atoms with van der Waals surface area (Å²) in [6, 6.07) is 11.3. The van der Waals surface area contributed by atoms with Crippen molar-refractivity contribution in [2.24, 2.45) is 12.8 Å². The van der Waals surface area contributed by atoms with Crippen LogP contribution in [0.1, 0.15) is 11.3 Å². The minimum Gasteiger partial charge on any atom is -0.454 e. The predicted molar refractivity (Wildman–Crippen MR) is 149 cm³/mol. The van der Waals surface area contributed by atoms with E-state index < -0.39 is 11.6 Å². The Morgan fingerprint density at radius 1 is 1.12 bits per heavy atom. The van der Waals surface area contributed by atoms with Gasteiger partial charge < -0.3 is 10.5 Å². The van der Waals surface area contributed by atoms with E-state index in [-0.39, 0.29) is 45.4 Å². The third-order valence-electron chi connectivity index (χ3n) is 6.58. The number of benzene rings is 2. The monoisotopic (exact) mass is 585 g/mol. The molecule has 0 amide bonds. The highest BCUT2D eigenvalue weighted by molar-refractivity contribution is 6.31. The molecule has 0 bridgehead atoms. The van der Waals surface area contributed by atoms with Gasteiger partial charge in [-0.1, -0.05) is 17.7 Å². The first-order chi connectivity index (χ1) is 20.3. The molecule has 0 radical (unpaired) electrons. The molecule has 208 valence electrons. The second kappa shape index (κ2) is 10.5. The Morgan fingerprint density at radius 3 is 2.64 bits per heavy atom. The Labute approximate surface area is 240 Å². The third-order valence-corrected chi connectivity index (χ3v) is 6.85. The molecule has 0 aliphatic carbocycles. The zero-order valence-corrected chi connectivity index (χ0v) is 22.4. The van der Waals surface area contributed by atoms with Crippen LogP contribution in [0, 0.1) is 23.0 Å². The number of nitrogens with zero attached hydrogens (tertiary/aromatic N) is 7. The van der Waals surface area contributed by atoms with Crippen molar-refractivity contribution in [2.45, 2.75) is 6.54 Å². The number of aromatic amines is 1. The summed E-state index contributed by atoms with van der Waals surface area (Å²) in [5.41, 5.74) is 6.94. The van der Waals surface area contributed by atoms with Gasteiger partial charge in [-0.05, 0) is 29.8 Å². The largest absolute Gasteiger partial charge is 0.454 e. The molecule has 0 spiro atoms. The molecule has 0 atom stereocenters. The Kier molecular flexibility index (Phi) is 6.69. The van der Waals surface area contributed by atoms with E-state index in [1.165, 1.54) is 40.0 Å². The topological polar surface area (TPSA) is 153 Å². The molecule has 14 heteroatoms. The highest BCUT2D eigenvalue weighted by Crippen LogP contribution is 2.42. The lowest BCUT2D eigenvalue weighted by Crippen LogP contribution is -2.13. The fourth-order valence-corrected chi connectivity index (χ4v) is 4.82. The number of aromatic nitrogens is 7. The Bertz CT molecular complexity index is 2100. The van der Waals surface area contributed by atoms with Crippen LogP contribution in [0.5, 0.6) is 11.5 Å². The van der Waals surface area contributed by atoms with Crippen molar-refractivity contribution in [3.8, 4) is 45.8 Å². The number of ether oxygens (including phenoxy) is 1. The van der Waals surface area contributed by atoms with Crippen LogP contribution in [0.15, 0.2) is 66.0 Å². The summed E-state index contributed by atoms with van der Waals surface area (Å²) in [5.74, 6) is -0.850. The zero-order chi connectivity index (χ0) is 29.5. The summed E-state index contributed by atoms with van der Waals surface area (Å²) < 4.78 is 37.7. The average molecular weight is 586 g/mol. The molecule has 0 fully saturated rings. The van der Waals surface area contributed by atoms with Crippen LogP contribution in [0.4, 0.5) is 8.78 Å². The minimum absolute atomic E-state index is 0.0228. The van der Waals surface area contributed by atoms with Crippen molar-refractivity contribution in [2.75, 3.05) is 0 Å². The Morgan fingerprint density at radius 2 is 1.95 bits per heavy atom. The van der Waals surface area contributed by atoms with Gasteiger partial charge in [-0.3, -0.25) is 9.48 Å². The van der Waals surface area contributed by atoms with Crippen LogP contribution in [0.3, 0.4) is 0 Å². The first-order valence-electron chi connectivity index (χ1n) is 12.3. The van der Waals surface area contributed by atoms with Gasteiger partial charge in [-0.15, -0.1) is 0 Å². The second-order valence-corrected chi connectivity index (χ2v) is 9.49. The van der Waals surface area contributed by atoms with Crippen molar-refractivity contribution in [3.05, 3.63) is 99.5 Å². The van der Waals surface area contributed by atoms with Gasteiger partial charge in [0.1, 0.15) is 23.1 Å². The number of aryl methyl sites for hydroxylation is 1. The van der Waals surface area contributed by atoms with Crippen molar-refractivity contribution in [1.29, 1.82) is 5.26 Å². The molecule has 0 aliphatic heterocycles. The maximum atomic E-state index is 15.8. The molecule has 6 aromatic rings. The van der Waals surface area contributed by atoms with Crippen LogP contribution in [-0.2, 0) is 13.6 Å². The summed E-state index contributed by atoms with van der Waals surface area (Å²) in [7, 11) is 1.60. The zero-order valence-electron chi connectivity index (χ0n) is 21.6. The maximum Gasteiger partial charge on any atom is 0.272 e. The van der Waals surface area contributed by atoms with Gasteiger partial charge in [-0.25, -0.2) is 23.5 Å². The van der Waals surface area contributed by atoms with Gasteiger partial charge in [0.2, 0.25) is 0 Å². The lowest BCUT2D eigenvalue weighted by atomic mass is 9.95. The van der Waals surface area contributed by atoms with Gasteiger partial charge in [0, 0.05) is 30.6 Å². The molecule has 0 saturated heterocycles. The van der Waals surface area contributed by atoms with E-state index in [0.29, 0.717) is 33.4 Å². The van der Waals surface area contributed by atoms with Crippen molar-refractivity contribution in [3.63, 3.8) is 0 Å². The van der Waals surface area contributed by atoms with E-state index in [0.717, 1.165) is 12.4 Å². The summed E-state index contributed by atoms with van der Waals surface area (Å²) in [6.45, 7) is 0.0769. The predicted octanol–water partition coefficient (Wildman–Crippen LogP) is 4.63. The van der Waals surface area contributed by atoms with Crippen LogP contribution >= 0.6 is 11.6 Å². The molecule has 4 aromatic heterocycles. The van der Waals surface area contributed by atoms with E-state index in [4.69, 9.17) is 22.1 Å². The van der Waals surface area contributed by atoms with Gasteiger partial charge >= 0.3 is 0 Å².